The fourth-order valence-electron chi connectivity index (χ4n) is 1.89. The van der Waals surface area contributed by atoms with Gasteiger partial charge in [-0.3, -0.25) is 4.79 Å². The van der Waals surface area contributed by atoms with Gasteiger partial charge in [0.25, 0.3) is 0 Å². The number of aromatic nitrogens is 2. The van der Waals surface area contributed by atoms with Gasteiger partial charge in [-0.25, -0.2) is 4.98 Å². The van der Waals surface area contributed by atoms with Crippen molar-refractivity contribution in [2.24, 2.45) is 0 Å². The molecule has 0 saturated carbocycles. The monoisotopic (exact) mass is 279 g/mol. The number of nitrogens with one attached hydrogen (secondary N) is 1. The van der Waals surface area contributed by atoms with E-state index in [4.69, 9.17) is 4.52 Å². The highest BCUT2D eigenvalue weighted by molar-refractivity contribution is 7.11. The molecule has 19 heavy (non-hydrogen) atoms. The number of hydrogen-bond acceptors (Lipinski definition) is 5. The first-order valence-electron chi connectivity index (χ1n) is 6.19. The molecule has 0 fully saturated rings. The van der Waals surface area contributed by atoms with Crippen LogP contribution in [-0.4, -0.2) is 16.0 Å². The van der Waals surface area contributed by atoms with Crippen LogP contribution in [0, 0.1) is 20.8 Å². The zero-order valence-corrected chi connectivity index (χ0v) is 12.3. The van der Waals surface area contributed by atoms with E-state index < -0.39 is 0 Å². The summed E-state index contributed by atoms with van der Waals surface area (Å²) in [5, 5.41) is 7.71. The molecule has 1 amide bonds. The molecule has 0 radical (unpaired) electrons. The molecule has 0 aliphatic rings. The van der Waals surface area contributed by atoms with Gasteiger partial charge in [-0.1, -0.05) is 12.1 Å². The van der Waals surface area contributed by atoms with E-state index in [1.54, 1.807) is 11.3 Å². The number of thiazole rings is 1. The van der Waals surface area contributed by atoms with Crippen molar-refractivity contribution in [2.45, 2.75) is 40.5 Å². The van der Waals surface area contributed by atoms with E-state index in [0.29, 0.717) is 23.6 Å². The zero-order valence-electron chi connectivity index (χ0n) is 11.5. The molecule has 0 aliphatic carbocycles. The average Bonchev–Trinajstić information content (AvgIpc) is 2.84. The Morgan fingerprint density at radius 2 is 2.11 bits per heavy atom. The van der Waals surface area contributed by atoms with Gasteiger partial charge in [0.15, 0.2) is 5.76 Å². The SMILES string of the molecule is CCc1onc(C)c1NC(=O)Cc1nc(C)sc1C. The second kappa shape index (κ2) is 5.52. The molecule has 1 N–H and O–H groups in total. The molecule has 5 nitrogen and oxygen atoms in total. The lowest BCUT2D eigenvalue weighted by Gasteiger charge is -2.04. The lowest BCUT2D eigenvalue weighted by Crippen LogP contribution is -2.16. The maximum absolute atomic E-state index is 12.0. The average molecular weight is 279 g/mol. The van der Waals surface area contributed by atoms with E-state index in [9.17, 15) is 4.79 Å². The van der Waals surface area contributed by atoms with Crippen LogP contribution in [0.25, 0.3) is 0 Å². The summed E-state index contributed by atoms with van der Waals surface area (Å²) >= 11 is 1.61. The van der Waals surface area contributed by atoms with Crippen molar-refractivity contribution >= 4 is 22.9 Å². The van der Waals surface area contributed by atoms with Gasteiger partial charge in [0, 0.05) is 11.3 Å². The lowest BCUT2D eigenvalue weighted by atomic mass is 10.2. The molecular weight excluding hydrogens is 262 g/mol. The number of anilines is 1. The summed E-state index contributed by atoms with van der Waals surface area (Å²) in [5.74, 6) is 0.617. The van der Waals surface area contributed by atoms with E-state index >= 15 is 0 Å². The summed E-state index contributed by atoms with van der Waals surface area (Å²) in [7, 11) is 0. The van der Waals surface area contributed by atoms with Crippen LogP contribution in [0.3, 0.4) is 0 Å². The number of amides is 1. The van der Waals surface area contributed by atoms with Gasteiger partial charge in [0.2, 0.25) is 5.91 Å². The normalized spacial score (nSPS) is 10.7. The predicted octanol–water partition coefficient (Wildman–Crippen LogP) is 2.80. The minimum absolute atomic E-state index is 0.0885. The van der Waals surface area contributed by atoms with Crippen molar-refractivity contribution in [3.05, 3.63) is 27.0 Å². The number of aryl methyl sites for hydroxylation is 4. The zero-order chi connectivity index (χ0) is 14.0. The Balaban J connectivity index is 2.09. The Labute approximate surface area is 116 Å². The molecule has 102 valence electrons. The Hall–Kier alpha value is -1.69. The maximum Gasteiger partial charge on any atom is 0.230 e. The Kier molecular flexibility index (Phi) is 3.99. The van der Waals surface area contributed by atoms with Crippen molar-refractivity contribution in [1.82, 2.24) is 10.1 Å². The summed E-state index contributed by atoms with van der Waals surface area (Å²) < 4.78 is 5.15. The van der Waals surface area contributed by atoms with Crippen LogP contribution in [0.4, 0.5) is 5.69 Å². The Morgan fingerprint density at radius 3 is 2.68 bits per heavy atom. The molecule has 0 bridgehead atoms. The molecule has 0 saturated heterocycles. The third-order valence-electron chi connectivity index (χ3n) is 2.85. The maximum atomic E-state index is 12.0. The van der Waals surface area contributed by atoms with Gasteiger partial charge in [-0.15, -0.1) is 11.3 Å². The fraction of sp³-hybridized carbons (Fsp3) is 0.462. The van der Waals surface area contributed by atoms with Crippen LogP contribution < -0.4 is 5.32 Å². The largest absolute Gasteiger partial charge is 0.359 e. The highest BCUT2D eigenvalue weighted by Gasteiger charge is 2.16. The van der Waals surface area contributed by atoms with Crippen molar-refractivity contribution in [2.75, 3.05) is 5.32 Å². The molecule has 2 aromatic heterocycles. The Bertz CT molecular complexity index is 601. The molecule has 6 heteroatoms. The molecule has 2 aromatic rings. The summed E-state index contributed by atoms with van der Waals surface area (Å²) in [4.78, 5) is 17.5. The molecule has 0 aromatic carbocycles. The fourth-order valence-corrected chi connectivity index (χ4v) is 2.72. The van der Waals surface area contributed by atoms with Gasteiger partial charge in [0.05, 0.1) is 17.1 Å². The second-order valence-electron chi connectivity index (χ2n) is 4.38. The minimum Gasteiger partial charge on any atom is -0.359 e. The van der Waals surface area contributed by atoms with Crippen LogP contribution in [0.1, 0.15) is 34.0 Å². The van der Waals surface area contributed by atoms with Crippen molar-refractivity contribution < 1.29 is 9.32 Å². The van der Waals surface area contributed by atoms with Crippen LogP contribution in [0.15, 0.2) is 4.52 Å². The first kappa shape index (κ1) is 13.7. The highest BCUT2D eigenvalue weighted by atomic mass is 32.1. The van der Waals surface area contributed by atoms with E-state index in [1.165, 1.54) is 0 Å². The van der Waals surface area contributed by atoms with E-state index in [-0.39, 0.29) is 12.3 Å². The number of rotatable bonds is 4. The number of hydrogen-bond donors (Lipinski definition) is 1. The van der Waals surface area contributed by atoms with E-state index in [0.717, 1.165) is 15.6 Å². The van der Waals surface area contributed by atoms with Crippen LogP contribution >= 0.6 is 11.3 Å². The number of carbonyl (C=O) groups is 1. The van der Waals surface area contributed by atoms with Crippen molar-refractivity contribution in [3.63, 3.8) is 0 Å². The minimum atomic E-state index is -0.0885. The van der Waals surface area contributed by atoms with Gasteiger partial charge in [-0.2, -0.15) is 0 Å². The first-order chi connectivity index (χ1) is 9.01. The molecular formula is C13H17N3O2S. The summed E-state index contributed by atoms with van der Waals surface area (Å²) in [6.45, 7) is 7.70. The quantitative estimate of drug-likeness (QED) is 0.934. The lowest BCUT2D eigenvalue weighted by molar-refractivity contribution is -0.115. The first-order valence-corrected chi connectivity index (χ1v) is 7.00. The summed E-state index contributed by atoms with van der Waals surface area (Å²) in [6.07, 6.45) is 0.981. The van der Waals surface area contributed by atoms with Gasteiger partial charge < -0.3 is 9.84 Å². The molecule has 0 aliphatic heterocycles. The smallest absolute Gasteiger partial charge is 0.230 e. The molecule has 0 unspecified atom stereocenters. The topological polar surface area (TPSA) is 68.0 Å². The van der Waals surface area contributed by atoms with Crippen LogP contribution in [0.2, 0.25) is 0 Å². The summed E-state index contributed by atoms with van der Waals surface area (Å²) in [5.41, 5.74) is 2.24. The second-order valence-corrected chi connectivity index (χ2v) is 5.79. The van der Waals surface area contributed by atoms with Gasteiger partial charge in [0.1, 0.15) is 11.4 Å². The number of nitrogens with zero attached hydrogens (tertiary/aromatic N) is 2. The third-order valence-corrected chi connectivity index (χ3v) is 3.78. The molecule has 0 atom stereocenters. The predicted molar refractivity (Wildman–Crippen MR) is 74.5 cm³/mol. The molecule has 2 heterocycles. The standard InChI is InChI=1S/C13H17N3O2S/c1-5-11-13(7(2)16-18-11)15-12(17)6-10-8(3)19-9(4)14-10/h5-6H2,1-4H3,(H,15,17). The van der Waals surface area contributed by atoms with E-state index in [2.05, 4.69) is 15.5 Å². The van der Waals surface area contributed by atoms with E-state index in [1.807, 2.05) is 27.7 Å². The number of carbonyl (C=O) groups excluding carboxylic acids is 1. The third kappa shape index (κ3) is 3.01. The van der Waals surface area contributed by atoms with Crippen molar-refractivity contribution in [3.8, 4) is 0 Å². The van der Waals surface area contributed by atoms with Crippen LogP contribution in [0.5, 0.6) is 0 Å². The Morgan fingerprint density at radius 1 is 1.37 bits per heavy atom. The summed E-state index contributed by atoms with van der Waals surface area (Å²) in [6, 6.07) is 0. The van der Waals surface area contributed by atoms with Gasteiger partial charge in [-0.05, 0) is 20.8 Å². The molecule has 2 rings (SSSR count). The molecule has 0 spiro atoms. The van der Waals surface area contributed by atoms with Crippen molar-refractivity contribution in [1.29, 1.82) is 0 Å². The van der Waals surface area contributed by atoms with Gasteiger partial charge >= 0.3 is 0 Å². The van der Waals surface area contributed by atoms with Crippen LogP contribution in [-0.2, 0) is 17.6 Å². The highest BCUT2D eigenvalue weighted by Crippen LogP contribution is 2.21.